The van der Waals surface area contributed by atoms with Crippen LogP contribution in [-0.4, -0.2) is 52.9 Å². The molecule has 2 aliphatic heterocycles. The normalized spacial score (nSPS) is 21.0. The van der Waals surface area contributed by atoms with Crippen molar-refractivity contribution in [3.63, 3.8) is 0 Å². The maximum absolute atomic E-state index is 12.9. The number of primary amides is 1. The fraction of sp³-hybridized carbons (Fsp3) is 0.524. The number of carbonyl (C=O) groups excluding carboxylic acids is 4. The fourth-order valence-corrected chi connectivity index (χ4v) is 4.51. The van der Waals surface area contributed by atoms with E-state index in [0.29, 0.717) is 22.4 Å². The second kappa shape index (κ2) is 8.91. The molecule has 2 amide bonds. The van der Waals surface area contributed by atoms with E-state index in [2.05, 4.69) is 0 Å². The molecule has 0 unspecified atom stereocenters. The third kappa shape index (κ3) is 4.63. The molecule has 10 nitrogen and oxygen atoms in total. The van der Waals surface area contributed by atoms with Crippen LogP contribution in [0.2, 0.25) is 0 Å². The van der Waals surface area contributed by atoms with Gasteiger partial charge in [0.25, 0.3) is 0 Å². The van der Waals surface area contributed by atoms with E-state index in [9.17, 15) is 24.3 Å². The number of aliphatic hydroxyl groups is 1. The van der Waals surface area contributed by atoms with Gasteiger partial charge in [-0.15, -0.1) is 11.3 Å². The summed E-state index contributed by atoms with van der Waals surface area (Å²) in [7, 11) is 0. The maximum Gasteiger partial charge on any atom is 0.404 e. The summed E-state index contributed by atoms with van der Waals surface area (Å²) >= 11 is 1.31. The van der Waals surface area contributed by atoms with Crippen molar-refractivity contribution in [3.05, 3.63) is 27.6 Å². The van der Waals surface area contributed by atoms with Crippen molar-refractivity contribution in [3.8, 4) is 0 Å². The largest absolute Gasteiger partial charge is 0.444 e. The molecule has 1 aromatic heterocycles. The molecule has 3 atom stereocenters. The first kappa shape index (κ1) is 23.7. The molecule has 32 heavy (non-hydrogen) atoms. The summed E-state index contributed by atoms with van der Waals surface area (Å²) < 4.78 is 14.9. The van der Waals surface area contributed by atoms with Gasteiger partial charge in [-0.3, -0.25) is 9.59 Å². The van der Waals surface area contributed by atoms with E-state index < -0.39 is 42.3 Å². The predicted molar refractivity (Wildman–Crippen MR) is 113 cm³/mol. The Hall–Kier alpha value is -2.92. The molecule has 2 aliphatic rings. The van der Waals surface area contributed by atoms with Crippen LogP contribution in [0.3, 0.4) is 0 Å². The molecular formula is C21H26N2O8S. The smallest absolute Gasteiger partial charge is 0.404 e. The number of ether oxygens (including phenoxy) is 3. The highest BCUT2D eigenvalue weighted by atomic mass is 32.1. The first-order valence-electron chi connectivity index (χ1n) is 10.0. The lowest BCUT2D eigenvalue weighted by molar-refractivity contribution is -0.175. The standard InChI is InChI=1S/C21H26N2O8S/c1-10(24)15-14-6-13(11-5-12(32-8-11)7-29-20(22)28)16(23(14)17(15)25)18(26)30-9-31-19(27)21(2,3)4/h5,8,10,14-15,24H,6-7,9H2,1-4H3,(H2,22,28)/t10-,14-,15-/m1/s1. The van der Waals surface area contributed by atoms with Crippen molar-refractivity contribution in [2.24, 2.45) is 17.1 Å². The fourth-order valence-electron chi connectivity index (χ4n) is 3.69. The van der Waals surface area contributed by atoms with Gasteiger partial charge in [-0.25, -0.2) is 9.59 Å². The second-order valence-corrected chi connectivity index (χ2v) is 9.71. The molecule has 0 saturated carbocycles. The number of nitrogens with zero attached hydrogens (tertiary/aromatic N) is 1. The molecule has 0 spiro atoms. The van der Waals surface area contributed by atoms with Crippen molar-refractivity contribution in [2.75, 3.05) is 6.79 Å². The van der Waals surface area contributed by atoms with Gasteiger partial charge in [0.05, 0.1) is 23.5 Å². The first-order valence-corrected chi connectivity index (χ1v) is 10.9. The molecule has 3 heterocycles. The Kier molecular flexibility index (Phi) is 6.61. The zero-order valence-corrected chi connectivity index (χ0v) is 19.1. The summed E-state index contributed by atoms with van der Waals surface area (Å²) in [4.78, 5) is 50.3. The SMILES string of the molecule is C[C@@H](O)[C@H]1C(=O)N2C(C(=O)OCOC(=O)C(C)(C)C)=C(c3csc(COC(N)=O)c3)C[C@H]12. The van der Waals surface area contributed by atoms with Gasteiger partial charge in [0, 0.05) is 4.88 Å². The molecule has 1 aromatic rings. The number of hydrogen-bond donors (Lipinski definition) is 2. The second-order valence-electron chi connectivity index (χ2n) is 8.71. The molecule has 11 heteroatoms. The number of amides is 2. The van der Waals surface area contributed by atoms with Crippen LogP contribution in [0, 0.1) is 11.3 Å². The number of esters is 2. The molecule has 0 aliphatic carbocycles. The summed E-state index contributed by atoms with van der Waals surface area (Å²) in [5.41, 5.74) is 5.54. The lowest BCUT2D eigenvalue weighted by atomic mass is 9.82. The van der Waals surface area contributed by atoms with Gasteiger partial charge in [-0.1, -0.05) is 0 Å². The van der Waals surface area contributed by atoms with Gasteiger partial charge >= 0.3 is 18.0 Å². The van der Waals surface area contributed by atoms with Crippen LogP contribution in [0.4, 0.5) is 4.79 Å². The minimum Gasteiger partial charge on any atom is -0.444 e. The van der Waals surface area contributed by atoms with E-state index in [0.717, 1.165) is 0 Å². The molecule has 0 aromatic carbocycles. The van der Waals surface area contributed by atoms with Crippen LogP contribution in [0.5, 0.6) is 0 Å². The van der Waals surface area contributed by atoms with E-state index in [1.54, 1.807) is 32.2 Å². The van der Waals surface area contributed by atoms with Gasteiger partial charge in [-0.2, -0.15) is 0 Å². The monoisotopic (exact) mass is 466 g/mol. The van der Waals surface area contributed by atoms with Crippen molar-refractivity contribution < 1.29 is 38.5 Å². The molecule has 3 N–H and O–H groups in total. The Morgan fingerprint density at radius 1 is 1.28 bits per heavy atom. The Morgan fingerprint density at radius 3 is 2.56 bits per heavy atom. The number of nitrogens with two attached hydrogens (primary N) is 1. The van der Waals surface area contributed by atoms with E-state index >= 15 is 0 Å². The number of hydrogen-bond acceptors (Lipinski definition) is 9. The van der Waals surface area contributed by atoms with Crippen LogP contribution < -0.4 is 5.73 Å². The average Bonchev–Trinajstić information content (AvgIpc) is 3.27. The Morgan fingerprint density at radius 2 is 1.97 bits per heavy atom. The van der Waals surface area contributed by atoms with E-state index in [1.807, 2.05) is 0 Å². The summed E-state index contributed by atoms with van der Waals surface area (Å²) in [6.45, 7) is 5.95. The van der Waals surface area contributed by atoms with E-state index in [-0.39, 0.29) is 24.3 Å². The Labute approximate surface area is 188 Å². The van der Waals surface area contributed by atoms with Gasteiger partial charge in [0.1, 0.15) is 12.3 Å². The van der Waals surface area contributed by atoms with Gasteiger partial charge < -0.3 is 30.0 Å². The summed E-state index contributed by atoms with van der Waals surface area (Å²) in [6.07, 6.45) is -1.42. The van der Waals surface area contributed by atoms with Crippen LogP contribution in [-0.2, 0) is 35.2 Å². The van der Waals surface area contributed by atoms with Crippen molar-refractivity contribution in [2.45, 2.75) is 52.9 Å². The van der Waals surface area contributed by atoms with Crippen molar-refractivity contribution in [1.29, 1.82) is 0 Å². The molecule has 3 rings (SSSR count). The van der Waals surface area contributed by atoms with E-state index in [4.69, 9.17) is 19.9 Å². The number of rotatable bonds is 7. The number of aliphatic hydroxyl groups excluding tert-OH is 1. The lowest BCUT2D eigenvalue weighted by Crippen LogP contribution is -2.61. The molecule has 0 radical (unpaired) electrons. The number of fused-ring (bicyclic) bond motifs is 1. The molecule has 1 saturated heterocycles. The number of carbonyl (C=O) groups is 4. The molecule has 0 bridgehead atoms. The maximum atomic E-state index is 12.9. The van der Waals surface area contributed by atoms with Gasteiger partial charge in [-0.05, 0) is 56.7 Å². The van der Waals surface area contributed by atoms with E-state index in [1.165, 1.54) is 23.2 Å². The lowest BCUT2D eigenvalue weighted by Gasteiger charge is -2.44. The number of β-lactam (4-membered cyclic amide) rings is 1. The minimum atomic E-state index is -0.899. The number of thiophene rings is 1. The zero-order chi connectivity index (χ0) is 23.8. The Balaban J connectivity index is 1.82. The highest BCUT2D eigenvalue weighted by molar-refractivity contribution is 7.10. The zero-order valence-electron chi connectivity index (χ0n) is 18.2. The third-order valence-electron chi connectivity index (χ3n) is 5.27. The predicted octanol–water partition coefficient (Wildman–Crippen LogP) is 1.76. The van der Waals surface area contributed by atoms with Crippen LogP contribution in [0.15, 0.2) is 17.1 Å². The van der Waals surface area contributed by atoms with Gasteiger partial charge in [0.2, 0.25) is 12.7 Å². The highest BCUT2D eigenvalue weighted by Gasteiger charge is 2.57. The average molecular weight is 467 g/mol. The molecule has 174 valence electrons. The van der Waals surface area contributed by atoms with Crippen LogP contribution in [0.25, 0.3) is 5.57 Å². The van der Waals surface area contributed by atoms with Crippen molar-refractivity contribution >= 4 is 40.8 Å². The summed E-state index contributed by atoms with van der Waals surface area (Å²) in [5, 5.41) is 11.8. The first-order chi connectivity index (χ1) is 14.9. The topological polar surface area (TPSA) is 145 Å². The highest BCUT2D eigenvalue weighted by Crippen LogP contribution is 2.47. The molecular weight excluding hydrogens is 440 g/mol. The van der Waals surface area contributed by atoms with Crippen LogP contribution >= 0.6 is 11.3 Å². The summed E-state index contributed by atoms with van der Waals surface area (Å²) in [6, 6.07) is 1.37. The van der Waals surface area contributed by atoms with Gasteiger partial charge in [0.15, 0.2) is 0 Å². The molecule has 1 fully saturated rings. The third-order valence-corrected chi connectivity index (χ3v) is 6.18. The Bertz CT molecular complexity index is 975. The quantitative estimate of drug-likeness (QED) is 0.351. The summed E-state index contributed by atoms with van der Waals surface area (Å²) in [5.74, 6) is -2.32. The minimum absolute atomic E-state index is 0.0157. The van der Waals surface area contributed by atoms with Crippen LogP contribution in [0.1, 0.15) is 44.6 Å². The van der Waals surface area contributed by atoms with Crippen molar-refractivity contribution in [1.82, 2.24) is 4.90 Å².